The third-order valence-corrected chi connectivity index (χ3v) is 2.60. The van der Waals surface area contributed by atoms with Crippen LogP contribution in [0.3, 0.4) is 0 Å². The second-order valence-corrected chi connectivity index (χ2v) is 4.39. The van der Waals surface area contributed by atoms with Crippen LogP contribution in [0.15, 0.2) is 0 Å². The summed E-state index contributed by atoms with van der Waals surface area (Å²) >= 11 is 0. The minimum absolute atomic E-state index is 0.148. The van der Waals surface area contributed by atoms with Gasteiger partial charge in [0.2, 0.25) is 0 Å². The summed E-state index contributed by atoms with van der Waals surface area (Å²) in [5.41, 5.74) is 0.362. The molecule has 0 aliphatic heterocycles. The van der Waals surface area contributed by atoms with E-state index < -0.39 is 0 Å². The predicted octanol–water partition coefficient (Wildman–Crippen LogP) is 1.33. The van der Waals surface area contributed by atoms with Crippen molar-refractivity contribution in [2.75, 3.05) is 6.61 Å². The Morgan fingerprint density at radius 1 is 1.69 bits per heavy atom. The molecule has 1 aliphatic rings. The van der Waals surface area contributed by atoms with Crippen LogP contribution < -0.4 is 5.32 Å². The second kappa shape index (κ2) is 3.66. The molecule has 2 atom stereocenters. The zero-order valence-corrected chi connectivity index (χ0v) is 8.89. The molecular formula is C10H19NO2. The summed E-state index contributed by atoms with van der Waals surface area (Å²) in [4.78, 5) is 11.2. The lowest BCUT2D eigenvalue weighted by molar-refractivity contribution is -0.145. The van der Waals surface area contributed by atoms with Crippen LogP contribution in [0.2, 0.25) is 0 Å². The predicted molar refractivity (Wildman–Crippen MR) is 51.4 cm³/mol. The fourth-order valence-electron chi connectivity index (χ4n) is 1.39. The van der Waals surface area contributed by atoms with Crippen molar-refractivity contribution >= 4 is 5.97 Å². The van der Waals surface area contributed by atoms with Crippen molar-refractivity contribution in [3.8, 4) is 0 Å². The molecule has 0 aromatic heterocycles. The average molecular weight is 185 g/mol. The van der Waals surface area contributed by atoms with Crippen LogP contribution in [0.1, 0.15) is 34.1 Å². The lowest BCUT2D eigenvalue weighted by Crippen LogP contribution is -2.38. The summed E-state index contributed by atoms with van der Waals surface area (Å²) in [5.74, 6) is -0.148. The number of rotatable bonds is 4. The van der Waals surface area contributed by atoms with E-state index in [-0.39, 0.29) is 12.0 Å². The molecule has 0 amide bonds. The zero-order valence-electron chi connectivity index (χ0n) is 8.89. The second-order valence-electron chi connectivity index (χ2n) is 4.39. The monoisotopic (exact) mass is 185 g/mol. The van der Waals surface area contributed by atoms with Gasteiger partial charge in [-0.3, -0.25) is 4.79 Å². The van der Waals surface area contributed by atoms with Crippen LogP contribution in [0.5, 0.6) is 0 Å². The van der Waals surface area contributed by atoms with Crippen molar-refractivity contribution in [3.05, 3.63) is 0 Å². The first-order valence-electron chi connectivity index (χ1n) is 4.90. The summed E-state index contributed by atoms with van der Waals surface area (Å²) in [5, 5.41) is 3.25. The lowest BCUT2D eigenvalue weighted by Gasteiger charge is -2.13. The Morgan fingerprint density at radius 2 is 2.23 bits per heavy atom. The van der Waals surface area contributed by atoms with Crippen LogP contribution in [0.25, 0.3) is 0 Å². The van der Waals surface area contributed by atoms with E-state index in [0.29, 0.717) is 18.1 Å². The molecule has 2 unspecified atom stereocenters. The minimum atomic E-state index is -0.174. The number of hydrogen-bond acceptors (Lipinski definition) is 3. The molecule has 1 rings (SSSR count). The maximum Gasteiger partial charge on any atom is 0.322 e. The molecule has 0 aromatic rings. The highest BCUT2D eigenvalue weighted by Crippen LogP contribution is 2.44. The van der Waals surface area contributed by atoms with Gasteiger partial charge in [0.25, 0.3) is 0 Å². The van der Waals surface area contributed by atoms with Crippen molar-refractivity contribution in [3.63, 3.8) is 0 Å². The van der Waals surface area contributed by atoms with E-state index in [1.165, 1.54) is 0 Å². The molecule has 76 valence electrons. The summed E-state index contributed by atoms with van der Waals surface area (Å²) in [6.07, 6.45) is 1.15. The van der Waals surface area contributed by atoms with Gasteiger partial charge in [-0.25, -0.2) is 0 Å². The van der Waals surface area contributed by atoms with Gasteiger partial charge in [0.05, 0.1) is 6.61 Å². The minimum Gasteiger partial charge on any atom is -0.465 e. The molecule has 1 fully saturated rings. The first-order chi connectivity index (χ1) is 5.97. The first-order valence-corrected chi connectivity index (χ1v) is 4.90. The van der Waals surface area contributed by atoms with Gasteiger partial charge in [-0.1, -0.05) is 13.8 Å². The van der Waals surface area contributed by atoms with Gasteiger partial charge in [0, 0.05) is 6.04 Å². The number of carbonyl (C=O) groups excluding carboxylic acids is 1. The SMILES string of the molecule is CCOC(=O)C(C)NC1CC1(C)C. The van der Waals surface area contributed by atoms with Crippen molar-refractivity contribution in [1.82, 2.24) is 5.32 Å². The molecule has 1 aliphatic carbocycles. The van der Waals surface area contributed by atoms with E-state index in [0.717, 1.165) is 6.42 Å². The van der Waals surface area contributed by atoms with Crippen molar-refractivity contribution < 1.29 is 9.53 Å². The molecule has 0 spiro atoms. The molecule has 0 heterocycles. The van der Waals surface area contributed by atoms with Crippen molar-refractivity contribution in [1.29, 1.82) is 0 Å². The number of esters is 1. The van der Waals surface area contributed by atoms with E-state index >= 15 is 0 Å². The Hall–Kier alpha value is -0.570. The van der Waals surface area contributed by atoms with E-state index in [9.17, 15) is 4.79 Å². The van der Waals surface area contributed by atoms with Gasteiger partial charge in [-0.05, 0) is 25.7 Å². The highest BCUT2D eigenvalue weighted by atomic mass is 16.5. The largest absolute Gasteiger partial charge is 0.465 e. The highest BCUT2D eigenvalue weighted by Gasteiger charge is 2.46. The van der Waals surface area contributed by atoms with Crippen LogP contribution in [0, 0.1) is 5.41 Å². The van der Waals surface area contributed by atoms with Crippen LogP contribution in [-0.4, -0.2) is 24.7 Å². The molecule has 3 nitrogen and oxygen atoms in total. The molecule has 0 radical (unpaired) electrons. The quantitative estimate of drug-likeness (QED) is 0.671. The molecular weight excluding hydrogens is 166 g/mol. The maximum absolute atomic E-state index is 11.2. The zero-order chi connectivity index (χ0) is 10.1. The molecule has 13 heavy (non-hydrogen) atoms. The molecule has 1 saturated carbocycles. The number of ether oxygens (including phenoxy) is 1. The van der Waals surface area contributed by atoms with E-state index in [2.05, 4.69) is 19.2 Å². The highest BCUT2D eigenvalue weighted by molar-refractivity contribution is 5.75. The molecule has 0 aromatic carbocycles. The van der Waals surface area contributed by atoms with Crippen LogP contribution in [0.4, 0.5) is 0 Å². The van der Waals surface area contributed by atoms with Gasteiger partial charge in [0.15, 0.2) is 0 Å². The Bertz CT molecular complexity index is 201. The Labute approximate surface area is 79.8 Å². The lowest BCUT2D eigenvalue weighted by atomic mass is 10.2. The fraction of sp³-hybridized carbons (Fsp3) is 0.900. The molecule has 1 N–H and O–H groups in total. The first kappa shape index (κ1) is 10.5. The van der Waals surface area contributed by atoms with Gasteiger partial charge in [-0.2, -0.15) is 0 Å². The summed E-state index contributed by atoms with van der Waals surface area (Å²) in [6.45, 7) is 8.53. The van der Waals surface area contributed by atoms with Gasteiger partial charge >= 0.3 is 5.97 Å². The van der Waals surface area contributed by atoms with E-state index in [4.69, 9.17) is 4.74 Å². The van der Waals surface area contributed by atoms with Crippen LogP contribution in [-0.2, 0) is 9.53 Å². The Balaban J connectivity index is 2.26. The normalized spacial score (nSPS) is 26.6. The smallest absolute Gasteiger partial charge is 0.322 e. The Morgan fingerprint density at radius 3 is 2.62 bits per heavy atom. The van der Waals surface area contributed by atoms with E-state index in [1.807, 2.05) is 13.8 Å². The summed E-state index contributed by atoms with van der Waals surface area (Å²) in [7, 11) is 0. The summed E-state index contributed by atoms with van der Waals surface area (Å²) < 4.78 is 4.90. The number of carbonyl (C=O) groups is 1. The molecule has 0 bridgehead atoms. The number of nitrogens with one attached hydrogen (secondary N) is 1. The molecule has 3 heteroatoms. The topological polar surface area (TPSA) is 38.3 Å². The van der Waals surface area contributed by atoms with Crippen LogP contribution >= 0.6 is 0 Å². The molecule has 0 saturated heterocycles. The standard InChI is InChI=1S/C10H19NO2/c1-5-13-9(12)7(2)11-8-6-10(8,3)4/h7-8,11H,5-6H2,1-4H3. The van der Waals surface area contributed by atoms with Gasteiger partial charge in [0.1, 0.15) is 6.04 Å². The van der Waals surface area contributed by atoms with Gasteiger partial charge in [-0.15, -0.1) is 0 Å². The number of hydrogen-bond donors (Lipinski definition) is 1. The summed E-state index contributed by atoms with van der Waals surface area (Å²) in [6, 6.07) is 0.304. The third-order valence-electron chi connectivity index (χ3n) is 2.60. The fourth-order valence-corrected chi connectivity index (χ4v) is 1.39. The van der Waals surface area contributed by atoms with E-state index in [1.54, 1.807) is 0 Å². The third kappa shape index (κ3) is 2.69. The van der Waals surface area contributed by atoms with Gasteiger partial charge < -0.3 is 10.1 Å². The Kier molecular flexibility index (Phi) is 2.96. The van der Waals surface area contributed by atoms with Crippen molar-refractivity contribution in [2.45, 2.75) is 46.2 Å². The maximum atomic E-state index is 11.2. The average Bonchev–Trinajstić information content (AvgIpc) is 2.59. The van der Waals surface area contributed by atoms with Crippen molar-refractivity contribution in [2.24, 2.45) is 5.41 Å².